The van der Waals surface area contributed by atoms with E-state index in [2.05, 4.69) is 27.0 Å². The Morgan fingerprint density at radius 2 is 2.00 bits per heavy atom. The Morgan fingerprint density at radius 1 is 1.20 bits per heavy atom. The molecule has 3 aromatic rings. The molecule has 3 rings (SSSR count). The second-order valence-electron chi connectivity index (χ2n) is 7.96. The van der Waals surface area contributed by atoms with Gasteiger partial charge in [-0.3, -0.25) is 4.57 Å². The first-order valence-corrected chi connectivity index (χ1v) is 14.1. The molecule has 0 bridgehead atoms. The van der Waals surface area contributed by atoms with Gasteiger partial charge in [-0.15, -0.1) is 10.2 Å². The van der Waals surface area contributed by atoms with Crippen molar-refractivity contribution in [2.75, 3.05) is 13.2 Å². The van der Waals surface area contributed by atoms with Crippen molar-refractivity contribution in [3.05, 3.63) is 64.4 Å². The molecule has 0 spiro atoms. The maximum absolute atomic E-state index is 14.7. The lowest BCUT2D eigenvalue weighted by Gasteiger charge is -2.16. The molecule has 35 heavy (non-hydrogen) atoms. The highest BCUT2D eigenvalue weighted by atomic mass is 35.5. The molecule has 0 saturated heterocycles. The van der Waals surface area contributed by atoms with E-state index in [9.17, 15) is 8.96 Å². The maximum Gasteiger partial charge on any atom is 0.316 e. The summed E-state index contributed by atoms with van der Waals surface area (Å²) in [4.78, 5) is 8.63. The van der Waals surface area contributed by atoms with E-state index < -0.39 is 14.1 Å². The molecule has 0 fully saturated rings. The molecule has 1 heterocycles. The average molecular weight is 542 g/mol. The van der Waals surface area contributed by atoms with Gasteiger partial charge in [0.05, 0.1) is 11.6 Å². The van der Waals surface area contributed by atoms with Crippen molar-refractivity contribution in [3.8, 4) is 11.5 Å². The SMILES string of the molecule is CCCCCC(Sc1nnc(-c2ccc(CNCCCO[PH](=O)O)cc2)o1)c1cccc(Cl)c1F. The molecule has 2 aromatic carbocycles. The summed E-state index contributed by atoms with van der Waals surface area (Å²) in [5, 5.41) is 11.9. The molecule has 7 nitrogen and oxygen atoms in total. The molecule has 0 amide bonds. The highest BCUT2D eigenvalue weighted by Gasteiger charge is 2.22. The number of hydrogen-bond acceptors (Lipinski definition) is 7. The van der Waals surface area contributed by atoms with Crippen LogP contribution in [0.25, 0.3) is 11.5 Å². The van der Waals surface area contributed by atoms with Crippen molar-refractivity contribution in [3.63, 3.8) is 0 Å². The van der Waals surface area contributed by atoms with Crippen LogP contribution in [0.5, 0.6) is 0 Å². The standard InChI is InChI=1S/C24H30ClFN3O4PS/c1-2-3-4-9-21(19-7-5-8-20(25)22(19)26)35-24-29-28-23(33-24)18-12-10-17(11-13-18)16-27-14-6-15-32-34(30)31/h5,7-8,10-13,21,27,34H,2-4,6,9,14-16H2,1H3,(H,30,31). The fourth-order valence-corrected chi connectivity index (χ4v) is 5.03. The summed E-state index contributed by atoms with van der Waals surface area (Å²) in [6.45, 7) is 3.71. The second kappa shape index (κ2) is 14.7. The lowest BCUT2D eigenvalue weighted by molar-refractivity contribution is 0.276. The summed E-state index contributed by atoms with van der Waals surface area (Å²) in [6.07, 6.45) is 4.53. The maximum atomic E-state index is 14.7. The quantitative estimate of drug-likeness (QED) is 0.123. The second-order valence-corrected chi connectivity index (χ2v) is 10.3. The van der Waals surface area contributed by atoms with Crippen molar-refractivity contribution < 1.29 is 22.8 Å². The highest BCUT2D eigenvalue weighted by Crippen LogP contribution is 2.41. The van der Waals surface area contributed by atoms with Gasteiger partial charge in [0.25, 0.3) is 5.22 Å². The summed E-state index contributed by atoms with van der Waals surface area (Å²) >= 11 is 7.38. The number of halogens is 2. The molecule has 2 unspecified atom stereocenters. The molecule has 2 N–H and O–H groups in total. The van der Waals surface area contributed by atoms with Gasteiger partial charge in [-0.2, -0.15) is 0 Å². The summed E-state index contributed by atoms with van der Waals surface area (Å²) in [5.74, 6) is 0.00578. The number of hydrogen-bond donors (Lipinski definition) is 2. The third-order valence-corrected chi connectivity index (χ3v) is 7.18. The third-order valence-electron chi connectivity index (χ3n) is 5.30. The zero-order valence-corrected chi connectivity index (χ0v) is 22.1. The molecule has 0 aliphatic carbocycles. The number of nitrogens with one attached hydrogen (secondary N) is 1. The molecule has 0 aliphatic rings. The van der Waals surface area contributed by atoms with E-state index in [1.165, 1.54) is 11.8 Å². The molecule has 0 saturated carbocycles. The highest BCUT2D eigenvalue weighted by molar-refractivity contribution is 7.99. The van der Waals surface area contributed by atoms with Crippen LogP contribution in [0.4, 0.5) is 4.39 Å². The fourth-order valence-electron chi connectivity index (χ4n) is 3.48. The Kier molecular flexibility index (Phi) is 11.7. The number of aromatic nitrogens is 2. The van der Waals surface area contributed by atoms with Crippen LogP contribution in [0.2, 0.25) is 5.02 Å². The summed E-state index contributed by atoms with van der Waals surface area (Å²) in [5.41, 5.74) is 2.42. The summed E-state index contributed by atoms with van der Waals surface area (Å²) in [6, 6.07) is 12.8. The fraction of sp³-hybridized carbons (Fsp3) is 0.417. The number of rotatable bonds is 15. The molecule has 0 radical (unpaired) electrons. The largest absolute Gasteiger partial charge is 0.411 e. The van der Waals surface area contributed by atoms with Crippen molar-refractivity contribution >= 4 is 31.6 Å². The van der Waals surface area contributed by atoms with Crippen molar-refractivity contribution in [1.82, 2.24) is 15.5 Å². The minimum Gasteiger partial charge on any atom is -0.411 e. The van der Waals surface area contributed by atoms with Gasteiger partial charge in [-0.25, -0.2) is 4.39 Å². The predicted octanol–water partition coefficient (Wildman–Crippen LogP) is 6.82. The number of nitrogens with zero attached hydrogens (tertiary/aromatic N) is 2. The van der Waals surface area contributed by atoms with Crippen LogP contribution in [0, 0.1) is 5.82 Å². The smallest absolute Gasteiger partial charge is 0.316 e. The first-order chi connectivity index (χ1) is 17.0. The Balaban J connectivity index is 1.59. The zero-order chi connectivity index (χ0) is 25.0. The van der Waals surface area contributed by atoms with Crippen LogP contribution in [0.15, 0.2) is 52.1 Å². The Hall–Kier alpha value is -1.74. The molecule has 2 atom stereocenters. The predicted molar refractivity (Wildman–Crippen MR) is 137 cm³/mol. The monoisotopic (exact) mass is 541 g/mol. The molecule has 190 valence electrons. The Bertz CT molecular complexity index is 1090. The van der Waals surface area contributed by atoms with Gasteiger partial charge < -0.3 is 19.2 Å². The van der Waals surface area contributed by atoms with Crippen LogP contribution in [0.3, 0.4) is 0 Å². The van der Waals surface area contributed by atoms with Crippen LogP contribution in [0.1, 0.15) is 55.4 Å². The zero-order valence-electron chi connectivity index (χ0n) is 19.5. The molecular formula is C24H30ClFN3O4PS. The van der Waals surface area contributed by atoms with Gasteiger partial charge in [0.1, 0.15) is 5.82 Å². The lowest BCUT2D eigenvalue weighted by Crippen LogP contribution is -2.15. The van der Waals surface area contributed by atoms with Crippen LogP contribution >= 0.6 is 31.6 Å². The Labute approximate surface area is 214 Å². The Morgan fingerprint density at radius 3 is 2.74 bits per heavy atom. The lowest BCUT2D eigenvalue weighted by atomic mass is 10.1. The topological polar surface area (TPSA) is 97.5 Å². The minimum atomic E-state index is -2.85. The van der Waals surface area contributed by atoms with Crippen LogP contribution in [-0.4, -0.2) is 28.2 Å². The van der Waals surface area contributed by atoms with E-state index in [1.54, 1.807) is 18.2 Å². The van der Waals surface area contributed by atoms with E-state index in [0.29, 0.717) is 36.2 Å². The van der Waals surface area contributed by atoms with Gasteiger partial charge in [-0.1, -0.05) is 73.8 Å². The van der Waals surface area contributed by atoms with Crippen LogP contribution < -0.4 is 5.32 Å². The van der Waals surface area contributed by atoms with E-state index in [4.69, 9.17) is 20.9 Å². The number of thioether (sulfide) groups is 1. The van der Waals surface area contributed by atoms with Crippen molar-refractivity contribution in [2.45, 2.75) is 56.0 Å². The van der Waals surface area contributed by atoms with Crippen molar-refractivity contribution in [1.29, 1.82) is 0 Å². The minimum absolute atomic E-state index is 0.111. The molecule has 1 aromatic heterocycles. The van der Waals surface area contributed by atoms with Crippen LogP contribution in [-0.2, 0) is 15.6 Å². The average Bonchev–Trinajstić information content (AvgIpc) is 3.31. The first kappa shape index (κ1) is 27.8. The van der Waals surface area contributed by atoms with E-state index in [-0.39, 0.29) is 16.9 Å². The van der Waals surface area contributed by atoms with Gasteiger partial charge in [0.2, 0.25) is 5.89 Å². The van der Waals surface area contributed by atoms with Gasteiger partial charge >= 0.3 is 8.25 Å². The van der Waals surface area contributed by atoms with E-state index >= 15 is 0 Å². The molecule has 11 heteroatoms. The van der Waals surface area contributed by atoms with E-state index in [0.717, 1.165) is 36.8 Å². The van der Waals surface area contributed by atoms with Gasteiger partial charge in [0, 0.05) is 22.9 Å². The van der Waals surface area contributed by atoms with Gasteiger partial charge in [0.15, 0.2) is 0 Å². The normalized spacial score (nSPS) is 13.1. The van der Waals surface area contributed by atoms with Crippen molar-refractivity contribution in [2.24, 2.45) is 0 Å². The third kappa shape index (κ3) is 9.01. The number of unbranched alkanes of at least 4 members (excludes halogenated alkanes) is 2. The summed E-state index contributed by atoms with van der Waals surface area (Å²) in [7, 11) is -2.85. The molecule has 0 aliphatic heterocycles. The summed E-state index contributed by atoms with van der Waals surface area (Å²) < 4.78 is 35.8. The van der Waals surface area contributed by atoms with Gasteiger partial charge in [-0.05, 0) is 43.1 Å². The first-order valence-electron chi connectivity index (χ1n) is 11.6. The molecular weight excluding hydrogens is 512 g/mol. The van der Waals surface area contributed by atoms with E-state index in [1.807, 2.05) is 24.3 Å². The number of benzene rings is 2.